The Kier molecular flexibility index (Phi) is 8.33. The summed E-state index contributed by atoms with van der Waals surface area (Å²) in [5.74, 6) is 0.843. The topological polar surface area (TPSA) is 45.7 Å². The lowest BCUT2D eigenvalue weighted by atomic mass is 9.84. The molecule has 2 rings (SSSR count). The zero-order valence-corrected chi connectivity index (χ0v) is 17.0. The summed E-state index contributed by atoms with van der Waals surface area (Å²) in [5.41, 5.74) is 2.68. The van der Waals surface area contributed by atoms with Gasteiger partial charge in [0, 0.05) is 32.2 Å². The minimum absolute atomic E-state index is 0. The first-order chi connectivity index (χ1) is 10.5. The molecule has 1 fully saturated rings. The molecule has 0 radical (unpaired) electrons. The minimum atomic E-state index is 0. The molecule has 0 spiro atoms. The van der Waals surface area contributed by atoms with E-state index in [1.165, 1.54) is 17.5 Å². The second-order valence-corrected chi connectivity index (χ2v) is 6.69. The highest BCUT2D eigenvalue weighted by atomic mass is 127. The summed E-state index contributed by atoms with van der Waals surface area (Å²) in [7, 11) is 1.81. The zero-order valence-electron chi connectivity index (χ0n) is 14.7. The van der Waals surface area contributed by atoms with Gasteiger partial charge >= 0.3 is 0 Å². The van der Waals surface area contributed by atoms with E-state index in [-0.39, 0.29) is 29.4 Å². The highest BCUT2D eigenvalue weighted by Gasteiger charge is 2.21. The van der Waals surface area contributed by atoms with Crippen molar-refractivity contribution >= 4 is 29.9 Å². The molecule has 23 heavy (non-hydrogen) atoms. The molecule has 1 heterocycles. The van der Waals surface area contributed by atoms with Crippen molar-refractivity contribution in [1.29, 1.82) is 0 Å². The molecule has 1 aliphatic heterocycles. The van der Waals surface area contributed by atoms with Crippen LogP contribution in [0.3, 0.4) is 0 Å². The predicted octanol–water partition coefficient (Wildman–Crippen LogP) is 3.23. The summed E-state index contributed by atoms with van der Waals surface area (Å²) in [6.45, 7) is 9.16. The van der Waals surface area contributed by atoms with E-state index in [0.717, 1.165) is 32.1 Å². The van der Waals surface area contributed by atoms with Crippen molar-refractivity contribution in [2.24, 2.45) is 4.99 Å². The lowest BCUT2D eigenvalue weighted by Gasteiger charge is -2.27. The van der Waals surface area contributed by atoms with Gasteiger partial charge in [-0.3, -0.25) is 4.99 Å². The fourth-order valence-corrected chi connectivity index (χ4v) is 2.65. The average Bonchev–Trinajstić information content (AvgIpc) is 3.01. The Balaban J connectivity index is 0.00000264. The van der Waals surface area contributed by atoms with E-state index in [1.54, 1.807) is 0 Å². The van der Waals surface area contributed by atoms with E-state index in [1.807, 2.05) is 7.05 Å². The Morgan fingerprint density at radius 2 is 1.96 bits per heavy atom. The molecule has 130 valence electrons. The van der Waals surface area contributed by atoms with Crippen LogP contribution in [0.1, 0.15) is 37.8 Å². The Bertz CT molecular complexity index is 493. The summed E-state index contributed by atoms with van der Waals surface area (Å²) < 4.78 is 5.63. The van der Waals surface area contributed by atoms with Crippen LogP contribution in [-0.4, -0.2) is 38.8 Å². The van der Waals surface area contributed by atoms with E-state index in [9.17, 15) is 0 Å². The summed E-state index contributed by atoms with van der Waals surface area (Å²) in [6, 6.07) is 8.75. The quantitative estimate of drug-likeness (QED) is 0.428. The zero-order chi connectivity index (χ0) is 16.0. The Morgan fingerprint density at radius 1 is 1.26 bits per heavy atom. The van der Waals surface area contributed by atoms with Crippen LogP contribution < -0.4 is 10.6 Å². The molecule has 2 N–H and O–H groups in total. The van der Waals surface area contributed by atoms with Gasteiger partial charge in [-0.05, 0) is 25.3 Å². The molecule has 1 aromatic rings. The molecule has 0 saturated carbocycles. The maximum atomic E-state index is 5.63. The fraction of sp³-hybridized carbons (Fsp3) is 0.611. The monoisotopic (exact) mass is 431 g/mol. The van der Waals surface area contributed by atoms with Crippen LogP contribution in [0.4, 0.5) is 0 Å². The molecule has 4 nitrogen and oxygen atoms in total. The van der Waals surface area contributed by atoms with E-state index in [2.05, 4.69) is 60.7 Å². The van der Waals surface area contributed by atoms with Crippen molar-refractivity contribution in [2.45, 2.75) is 45.1 Å². The van der Waals surface area contributed by atoms with Gasteiger partial charge in [0.1, 0.15) is 0 Å². The van der Waals surface area contributed by atoms with Gasteiger partial charge < -0.3 is 15.4 Å². The first-order valence-electron chi connectivity index (χ1n) is 8.14. The van der Waals surface area contributed by atoms with Gasteiger partial charge in [-0.1, -0.05) is 43.7 Å². The number of aliphatic imine (C=N–C) groups is 1. The highest BCUT2D eigenvalue weighted by Crippen LogP contribution is 2.22. The highest BCUT2D eigenvalue weighted by molar-refractivity contribution is 14.0. The van der Waals surface area contributed by atoms with Crippen LogP contribution >= 0.6 is 24.0 Å². The predicted molar refractivity (Wildman–Crippen MR) is 108 cm³/mol. The second kappa shape index (κ2) is 9.47. The molecule has 0 amide bonds. The molecule has 0 aliphatic carbocycles. The normalized spacial score (nSPS) is 18.4. The lowest BCUT2D eigenvalue weighted by Crippen LogP contribution is -2.45. The molecule has 1 aliphatic rings. The summed E-state index contributed by atoms with van der Waals surface area (Å²) in [4.78, 5) is 4.30. The maximum absolute atomic E-state index is 5.63. The van der Waals surface area contributed by atoms with Gasteiger partial charge in [-0.15, -0.1) is 24.0 Å². The minimum Gasteiger partial charge on any atom is -0.376 e. The van der Waals surface area contributed by atoms with Gasteiger partial charge in [0.05, 0.1) is 6.10 Å². The maximum Gasteiger partial charge on any atom is 0.191 e. The van der Waals surface area contributed by atoms with Crippen molar-refractivity contribution in [2.75, 3.05) is 26.7 Å². The van der Waals surface area contributed by atoms with Crippen LogP contribution in [0.15, 0.2) is 29.3 Å². The smallest absolute Gasteiger partial charge is 0.191 e. The summed E-state index contributed by atoms with van der Waals surface area (Å²) in [6.07, 6.45) is 2.63. The third kappa shape index (κ3) is 6.30. The molecule has 0 bridgehead atoms. The van der Waals surface area contributed by atoms with Gasteiger partial charge in [-0.2, -0.15) is 0 Å². The van der Waals surface area contributed by atoms with Crippen LogP contribution in [0.2, 0.25) is 0 Å². The number of hydrogen-bond donors (Lipinski definition) is 2. The summed E-state index contributed by atoms with van der Waals surface area (Å²) in [5, 5.41) is 6.79. The van der Waals surface area contributed by atoms with Crippen molar-refractivity contribution in [3.8, 4) is 0 Å². The second-order valence-electron chi connectivity index (χ2n) is 6.69. The number of hydrogen-bond acceptors (Lipinski definition) is 2. The molecule has 0 aromatic heterocycles. The van der Waals surface area contributed by atoms with E-state index in [4.69, 9.17) is 4.74 Å². The number of ether oxygens (including phenoxy) is 1. The van der Waals surface area contributed by atoms with Crippen molar-refractivity contribution in [1.82, 2.24) is 10.6 Å². The van der Waals surface area contributed by atoms with Gasteiger partial charge in [0.2, 0.25) is 0 Å². The number of benzene rings is 1. The third-order valence-corrected chi connectivity index (χ3v) is 4.28. The number of aryl methyl sites for hydroxylation is 1. The van der Waals surface area contributed by atoms with Gasteiger partial charge in [0.25, 0.3) is 0 Å². The summed E-state index contributed by atoms with van der Waals surface area (Å²) >= 11 is 0. The standard InChI is InChI=1S/C18H29N3O.HI/c1-14-7-9-15(10-8-14)18(2,3)13-21-17(19-4)20-12-16-6-5-11-22-16;/h7-10,16H,5-6,11-13H2,1-4H3,(H2,19,20,21);1H. The van der Waals surface area contributed by atoms with Crippen molar-refractivity contribution < 1.29 is 4.74 Å². The van der Waals surface area contributed by atoms with Gasteiger partial charge in [0.15, 0.2) is 5.96 Å². The molecular weight excluding hydrogens is 401 g/mol. The number of nitrogens with one attached hydrogen (secondary N) is 2. The van der Waals surface area contributed by atoms with E-state index >= 15 is 0 Å². The molecule has 1 atom stereocenters. The molecule has 1 unspecified atom stereocenters. The Labute approximate surface area is 157 Å². The molecular formula is C18H30IN3O. The Hall–Kier alpha value is -0.820. The number of rotatable bonds is 5. The molecule has 1 saturated heterocycles. The SMILES string of the molecule is CN=C(NCC1CCCO1)NCC(C)(C)c1ccc(C)cc1.I. The van der Waals surface area contributed by atoms with Crippen LogP contribution in [0, 0.1) is 6.92 Å². The number of guanidine groups is 1. The van der Waals surface area contributed by atoms with Crippen LogP contribution in [0.25, 0.3) is 0 Å². The first kappa shape index (κ1) is 20.2. The van der Waals surface area contributed by atoms with Crippen LogP contribution in [0.5, 0.6) is 0 Å². The van der Waals surface area contributed by atoms with Gasteiger partial charge in [-0.25, -0.2) is 0 Å². The Morgan fingerprint density at radius 3 is 2.52 bits per heavy atom. The fourth-order valence-electron chi connectivity index (χ4n) is 2.65. The van der Waals surface area contributed by atoms with Crippen molar-refractivity contribution in [3.05, 3.63) is 35.4 Å². The molecule has 5 heteroatoms. The third-order valence-electron chi connectivity index (χ3n) is 4.28. The average molecular weight is 431 g/mol. The lowest BCUT2D eigenvalue weighted by molar-refractivity contribution is 0.114. The largest absolute Gasteiger partial charge is 0.376 e. The van der Waals surface area contributed by atoms with Crippen molar-refractivity contribution in [3.63, 3.8) is 0 Å². The molecule has 1 aromatic carbocycles. The number of halogens is 1. The first-order valence-corrected chi connectivity index (χ1v) is 8.14. The van der Waals surface area contributed by atoms with E-state index < -0.39 is 0 Å². The number of nitrogens with zero attached hydrogens (tertiary/aromatic N) is 1. The van der Waals surface area contributed by atoms with Crippen LogP contribution in [-0.2, 0) is 10.2 Å². The van der Waals surface area contributed by atoms with E-state index in [0.29, 0.717) is 6.10 Å².